The molecule has 0 radical (unpaired) electrons. The van der Waals surface area contributed by atoms with Crippen molar-refractivity contribution in [2.45, 2.75) is 34.1 Å². The van der Waals surface area contributed by atoms with E-state index in [1.807, 2.05) is 0 Å². The van der Waals surface area contributed by atoms with Crippen molar-refractivity contribution in [2.75, 3.05) is 18.0 Å². The summed E-state index contributed by atoms with van der Waals surface area (Å²) in [5.74, 6) is -0.985. The van der Waals surface area contributed by atoms with Gasteiger partial charge in [0.05, 0.1) is 5.92 Å². The summed E-state index contributed by atoms with van der Waals surface area (Å²) in [6.07, 6.45) is 0.914. The number of rotatable bonds is 2. The molecule has 1 unspecified atom stereocenters. The monoisotopic (exact) mass is 261 g/mol. The Bertz CT molecular complexity index is 473. The van der Waals surface area contributed by atoms with E-state index in [9.17, 15) is 9.90 Å². The molecule has 1 aromatic rings. The fourth-order valence-electron chi connectivity index (χ4n) is 2.94. The number of aryl methyl sites for hydroxylation is 2. The van der Waals surface area contributed by atoms with Crippen LogP contribution in [0.1, 0.15) is 31.4 Å². The van der Waals surface area contributed by atoms with Crippen molar-refractivity contribution in [3.05, 3.63) is 29.3 Å². The Morgan fingerprint density at radius 1 is 1.26 bits per heavy atom. The molecule has 1 aliphatic heterocycles. The summed E-state index contributed by atoms with van der Waals surface area (Å²) in [7, 11) is 0. The molecular formula is C16H23NO2. The van der Waals surface area contributed by atoms with Crippen molar-refractivity contribution in [1.82, 2.24) is 0 Å². The molecule has 19 heavy (non-hydrogen) atoms. The lowest BCUT2D eigenvalue weighted by molar-refractivity contribution is -0.146. The first kappa shape index (κ1) is 13.9. The van der Waals surface area contributed by atoms with E-state index >= 15 is 0 Å². The Hall–Kier alpha value is -1.51. The number of carbonyl (C=O) groups is 1. The second-order valence-corrected chi connectivity index (χ2v) is 6.42. The number of hydrogen-bond acceptors (Lipinski definition) is 2. The van der Waals surface area contributed by atoms with E-state index in [0.717, 1.165) is 18.7 Å². The summed E-state index contributed by atoms with van der Waals surface area (Å²) >= 11 is 0. The zero-order valence-electron chi connectivity index (χ0n) is 12.2. The van der Waals surface area contributed by atoms with E-state index in [4.69, 9.17) is 0 Å². The van der Waals surface area contributed by atoms with Crippen LogP contribution in [0.15, 0.2) is 18.2 Å². The highest BCUT2D eigenvalue weighted by molar-refractivity contribution is 5.72. The van der Waals surface area contributed by atoms with Gasteiger partial charge in [0.1, 0.15) is 0 Å². The van der Waals surface area contributed by atoms with Crippen LogP contribution in [-0.4, -0.2) is 24.2 Å². The van der Waals surface area contributed by atoms with Gasteiger partial charge in [-0.3, -0.25) is 4.79 Å². The Kier molecular flexibility index (Phi) is 3.57. The summed E-state index contributed by atoms with van der Waals surface area (Å²) in [6.45, 7) is 9.82. The first-order valence-electron chi connectivity index (χ1n) is 6.85. The third-order valence-corrected chi connectivity index (χ3v) is 4.24. The normalized spacial score (nSPS) is 22.3. The second kappa shape index (κ2) is 4.87. The number of anilines is 1. The number of nitrogens with zero attached hydrogens (tertiary/aromatic N) is 1. The summed E-state index contributed by atoms with van der Waals surface area (Å²) in [5.41, 5.74) is 3.49. The lowest BCUT2D eigenvalue weighted by atomic mass is 9.73. The van der Waals surface area contributed by atoms with Gasteiger partial charge in [0, 0.05) is 18.8 Å². The Morgan fingerprint density at radius 3 is 2.37 bits per heavy atom. The van der Waals surface area contributed by atoms with Crippen molar-refractivity contribution >= 4 is 11.7 Å². The van der Waals surface area contributed by atoms with E-state index in [2.05, 4.69) is 50.8 Å². The second-order valence-electron chi connectivity index (χ2n) is 6.42. The fraction of sp³-hybridized carbons (Fsp3) is 0.562. The molecular weight excluding hydrogens is 238 g/mol. The molecule has 1 saturated heterocycles. The molecule has 1 atom stereocenters. The maximum absolute atomic E-state index is 11.5. The maximum Gasteiger partial charge on any atom is 0.308 e. The number of benzene rings is 1. The summed E-state index contributed by atoms with van der Waals surface area (Å²) < 4.78 is 0. The average Bonchev–Trinajstić information content (AvgIpc) is 2.26. The predicted molar refractivity (Wildman–Crippen MR) is 77.7 cm³/mol. The van der Waals surface area contributed by atoms with Crippen LogP contribution in [0, 0.1) is 25.2 Å². The van der Waals surface area contributed by atoms with Crippen molar-refractivity contribution in [3.8, 4) is 0 Å². The Morgan fingerprint density at radius 2 is 1.84 bits per heavy atom. The molecule has 3 heteroatoms. The molecule has 104 valence electrons. The highest BCUT2D eigenvalue weighted by Crippen LogP contribution is 2.37. The topological polar surface area (TPSA) is 40.5 Å². The van der Waals surface area contributed by atoms with Crippen LogP contribution in [0.2, 0.25) is 0 Å². The van der Waals surface area contributed by atoms with Crippen LogP contribution < -0.4 is 4.90 Å². The van der Waals surface area contributed by atoms with E-state index in [1.54, 1.807) is 0 Å². The molecule has 0 aliphatic carbocycles. The first-order valence-corrected chi connectivity index (χ1v) is 6.85. The van der Waals surface area contributed by atoms with Gasteiger partial charge in [0.25, 0.3) is 0 Å². The summed E-state index contributed by atoms with van der Waals surface area (Å²) in [5, 5.41) is 9.42. The van der Waals surface area contributed by atoms with Gasteiger partial charge in [-0.05, 0) is 48.9 Å². The molecule has 1 fully saturated rings. The van der Waals surface area contributed by atoms with Gasteiger partial charge in [-0.1, -0.05) is 19.9 Å². The smallest absolute Gasteiger partial charge is 0.308 e. The van der Waals surface area contributed by atoms with E-state index < -0.39 is 5.97 Å². The zero-order chi connectivity index (χ0) is 14.2. The van der Waals surface area contributed by atoms with Gasteiger partial charge in [0.2, 0.25) is 0 Å². The number of piperidine rings is 1. The maximum atomic E-state index is 11.5. The van der Waals surface area contributed by atoms with E-state index in [1.165, 1.54) is 11.1 Å². The van der Waals surface area contributed by atoms with Crippen LogP contribution in [0.5, 0.6) is 0 Å². The third-order valence-electron chi connectivity index (χ3n) is 4.24. The minimum atomic E-state index is -0.681. The largest absolute Gasteiger partial charge is 0.481 e. The van der Waals surface area contributed by atoms with Crippen LogP contribution in [0.4, 0.5) is 5.69 Å². The number of carboxylic acid groups (broad SMARTS) is 1. The summed E-state index contributed by atoms with van der Waals surface area (Å²) in [4.78, 5) is 13.7. The summed E-state index contributed by atoms with van der Waals surface area (Å²) in [6, 6.07) is 6.43. The van der Waals surface area contributed by atoms with Crippen molar-refractivity contribution in [1.29, 1.82) is 0 Å². The highest BCUT2D eigenvalue weighted by atomic mass is 16.4. The Balaban J connectivity index is 2.25. The third kappa shape index (κ3) is 2.91. The van der Waals surface area contributed by atoms with Gasteiger partial charge in [-0.15, -0.1) is 0 Å². The quantitative estimate of drug-likeness (QED) is 0.888. The SMILES string of the molecule is Cc1cc(C)cc(N2CCC(C)(C)C(C(=O)O)C2)c1. The van der Waals surface area contributed by atoms with Gasteiger partial charge in [0.15, 0.2) is 0 Å². The first-order chi connectivity index (χ1) is 8.79. The van der Waals surface area contributed by atoms with Crippen molar-refractivity contribution < 1.29 is 9.90 Å². The molecule has 0 bridgehead atoms. The molecule has 0 aromatic heterocycles. The van der Waals surface area contributed by atoms with Crippen LogP contribution >= 0.6 is 0 Å². The van der Waals surface area contributed by atoms with Crippen molar-refractivity contribution in [2.24, 2.45) is 11.3 Å². The number of aliphatic carboxylic acids is 1. The number of carboxylic acids is 1. The highest BCUT2D eigenvalue weighted by Gasteiger charge is 2.40. The lowest BCUT2D eigenvalue weighted by Gasteiger charge is -2.43. The molecule has 1 aromatic carbocycles. The van der Waals surface area contributed by atoms with Gasteiger partial charge >= 0.3 is 5.97 Å². The molecule has 2 rings (SSSR count). The van der Waals surface area contributed by atoms with E-state index in [0.29, 0.717) is 6.54 Å². The molecule has 1 aliphatic rings. The zero-order valence-corrected chi connectivity index (χ0v) is 12.2. The minimum Gasteiger partial charge on any atom is -0.481 e. The fourth-order valence-corrected chi connectivity index (χ4v) is 2.94. The average molecular weight is 261 g/mol. The molecule has 0 amide bonds. The van der Waals surface area contributed by atoms with Crippen LogP contribution in [0.3, 0.4) is 0 Å². The standard InChI is InChI=1S/C16H23NO2/c1-11-7-12(2)9-13(8-11)17-6-5-16(3,4)14(10-17)15(18)19/h7-9,14H,5-6,10H2,1-4H3,(H,18,19). The van der Waals surface area contributed by atoms with Crippen LogP contribution in [-0.2, 0) is 4.79 Å². The van der Waals surface area contributed by atoms with Crippen LogP contribution in [0.25, 0.3) is 0 Å². The molecule has 1 heterocycles. The predicted octanol–water partition coefficient (Wildman–Crippen LogP) is 3.24. The van der Waals surface area contributed by atoms with Gasteiger partial charge in [-0.2, -0.15) is 0 Å². The molecule has 0 spiro atoms. The molecule has 0 saturated carbocycles. The molecule has 1 N–H and O–H groups in total. The van der Waals surface area contributed by atoms with Gasteiger partial charge in [-0.25, -0.2) is 0 Å². The van der Waals surface area contributed by atoms with E-state index in [-0.39, 0.29) is 11.3 Å². The lowest BCUT2D eigenvalue weighted by Crippen LogP contribution is -2.48. The number of hydrogen-bond donors (Lipinski definition) is 1. The Labute approximate surface area is 115 Å². The molecule has 3 nitrogen and oxygen atoms in total. The van der Waals surface area contributed by atoms with Gasteiger partial charge < -0.3 is 10.0 Å². The minimum absolute atomic E-state index is 0.124. The van der Waals surface area contributed by atoms with Crippen molar-refractivity contribution in [3.63, 3.8) is 0 Å².